The normalized spacial score (nSPS) is 35.9. The fourth-order valence-corrected chi connectivity index (χ4v) is 1.76. The van der Waals surface area contributed by atoms with E-state index in [2.05, 4.69) is 6.07 Å². The molecule has 1 aliphatic rings. The summed E-state index contributed by atoms with van der Waals surface area (Å²) in [7, 11) is 0. The standard InChI is InChI=1S/C8H13NO2/c1-8(2)5(3-9)7(8)6(11)4-10/h5-7,10-11H,4H2,1-2H3. The van der Waals surface area contributed by atoms with E-state index >= 15 is 0 Å². The number of hydrogen-bond acceptors (Lipinski definition) is 3. The molecule has 3 nitrogen and oxygen atoms in total. The number of aliphatic hydroxyl groups excluding tert-OH is 2. The van der Waals surface area contributed by atoms with Crippen LogP contribution in [0.4, 0.5) is 0 Å². The molecule has 0 aromatic heterocycles. The van der Waals surface area contributed by atoms with Crippen LogP contribution in [0.5, 0.6) is 0 Å². The van der Waals surface area contributed by atoms with Crippen molar-refractivity contribution in [3.63, 3.8) is 0 Å². The molecule has 0 spiro atoms. The van der Waals surface area contributed by atoms with Gasteiger partial charge in [-0.2, -0.15) is 5.26 Å². The molecular formula is C8H13NO2. The summed E-state index contributed by atoms with van der Waals surface area (Å²) in [6.07, 6.45) is -0.727. The summed E-state index contributed by atoms with van der Waals surface area (Å²) in [5, 5.41) is 26.5. The Kier molecular flexibility index (Phi) is 1.91. The molecule has 0 bridgehead atoms. The lowest BCUT2D eigenvalue weighted by Crippen LogP contribution is -2.17. The Hall–Kier alpha value is -0.590. The second kappa shape index (κ2) is 2.47. The third-order valence-corrected chi connectivity index (χ3v) is 2.65. The molecule has 3 atom stereocenters. The van der Waals surface area contributed by atoms with E-state index in [1.165, 1.54) is 0 Å². The maximum Gasteiger partial charge on any atom is 0.0817 e. The van der Waals surface area contributed by atoms with Crippen LogP contribution in [0.1, 0.15) is 13.8 Å². The van der Waals surface area contributed by atoms with Crippen molar-refractivity contribution < 1.29 is 10.2 Å². The van der Waals surface area contributed by atoms with Gasteiger partial charge in [0.1, 0.15) is 0 Å². The third kappa shape index (κ3) is 1.13. The van der Waals surface area contributed by atoms with Crippen LogP contribution in [-0.2, 0) is 0 Å². The Balaban J connectivity index is 2.60. The minimum Gasteiger partial charge on any atom is -0.394 e. The van der Waals surface area contributed by atoms with Crippen molar-refractivity contribution in [3.8, 4) is 6.07 Å². The van der Waals surface area contributed by atoms with Crippen LogP contribution in [0, 0.1) is 28.6 Å². The van der Waals surface area contributed by atoms with Crippen LogP contribution in [0.2, 0.25) is 0 Å². The van der Waals surface area contributed by atoms with Crippen LogP contribution in [-0.4, -0.2) is 22.9 Å². The summed E-state index contributed by atoms with van der Waals surface area (Å²) in [5.74, 6) is -0.137. The highest BCUT2D eigenvalue weighted by Crippen LogP contribution is 2.59. The van der Waals surface area contributed by atoms with Crippen LogP contribution in [0.25, 0.3) is 0 Å². The number of nitriles is 1. The number of rotatable bonds is 2. The lowest BCUT2D eigenvalue weighted by molar-refractivity contribution is 0.0670. The van der Waals surface area contributed by atoms with E-state index in [-0.39, 0.29) is 23.9 Å². The fourth-order valence-electron chi connectivity index (χ4n) is 1.76. The average molecular weight is 155 g/mol. The van der Waals surface area contributed by atoms with E-state index in [4.69, 9.17) is 10.4 Å². The molecular weight excluding hydrogens is 142 g/mol. The van der Waals surface area contributed by atoms with Gasteiger partial charge in [0.2, 0.25) is 0 Å². The molecule has 0 radical (unpaired) electrons. The predicted molar refractivity (Wildman–Crippen MR) is 39.5 cm³/mol. The smallest absolute Gasteiger partial charge is 0.0817 e. The molecule has 62 valence electrons. The summed E-state index contributed by atoms with van der Waals surface area (Å²) in [4.78, 5) is 0. The molecule has 0 aromatic rings. The topological polar surface area (TPSA) is 64.2 Å². The molecule has 0 amide bonds. The van der Waals surface area contributed by atoms with Crippen LogP contribution < -0.4 is 0 Å². The molecule has 0 heterocycles. The van der Waals surface area contributed by atoms with Crippen LogP contribution in [0.3, 0.4) is 0 Å². The second-order valence-electron chi connectivity index (χ2n) is 3.70. The van der Waals surface area contributed by atoms with E-state index in [1.807, 2.05) is 13.8 Å². The molecule has 0 aromatic carbocycles. The average Bonchev–Trinajstić information content (AvgIpc) is 2.51. The van der Waals surface area contributed by atoms with Gasteiger partial charge in [-0.25, -0.2) is 0 Å². The highest BCUT2D eigenvalue weighted by molar-refractivity contribution is 5.17. The van der Waals surface area contributed by atoms with Gasteiger partial charge in [-0.05, 0) is 5.41 Å². The zero-order chi connectivity index (χ0) is 8.65. The summed E-state index contributed by atoms with van der Waals surface area (Å²) in [5.41, 5.74) is -0.114. The molecule has 0 saturated heterocycles. The maximum atomic E-state index is 9.23. The minimum absolute atomic E-state index is 0.0440. The van der Waals surface area contributed by atoms with Gasteiger partial charge < -0.3 is 10.2 Å². The molecule has 1 aliphatic carbocycles. The molecule has 3 unspecified atom stereocenters. The van der Waals surface area contributed by atoms with Crippen LogP contribution >= 0.6 is 0 Å². The summed E-state index contributed by atoms with van der Waals surface area (Å²) in [6, 6.07) is 2.12. The Labute approximate surface area is 66.3 Å². The van der Waals surface area contributed by atoms with Crippen molar-refractivity contribution >= 4 is 0 Å². The van der Waals surface area contributed by atoms with E-state index in [9.17, 15) is 5.11 Å². The van der Waals surface area contributed by atoms with Gasteiger partial charge in [0.05, 0.1) is 24.7 Å². The first-order chi connectivity index (χ1) is 5.05. The molecule has 1 saturated carbocycles. The third-order valence-electron chi connectivity index (χ3n) is 2.65. The molecule has 1 fully saturated rings. The minimum atomic E-state index is -0.727. The van der Waals surface area contributed by atoms with Gasteiger partial charge in [0, 0.05) is 5.92 Å². The van der Waals surface area contributed by atoms with E-state index < -0.39 is 6.10 Å². The van der Waals surface area contributed by atoms with Gasteiger partial charge in [-0.1, -0.05) is 13.8 Å². The van der Waals surface area contributed by atoms with Gasteiger partial charge >= 0.3 is 0 Å². The predicted octanol–water partition coefficient (Wildman–Crippen LogP) is 0.135. The lowest BCUT2D eigenvalue weighted by Gasteiger charge is -2.06. The van der Waals surface area contributed by atoms with Gasteiger partial charge in [0.25, 0.3) is 0 Å². The number of hydrogen-bond donors (Lipinski definition) is 2. The number of nitrogens with zero attached hydrogens (tertiary/aromatic N) is 1. The van der Waals surface area contributed by atoms with Crippen molar-refractivity contribution in [1.29, 1.82) is 5.26 Å². The largest absolute Gasteiger partial charge is 0.394 e. The summed E-state index contributed by atoms with van der Waals surface area (Å²) in [6.45, 7) is 3.63. The first-order valence-electron chi connectivity index (χ1n) is 3.74. The lowest BCUT2D eigenvalue weighted by atomic mass is 10.1. The van der Waals surface area contributed by atoms with Gasteiger partial charge in [-0.15, -0.1) is 0 Å². The van der Waals surface area contributed by atoms with Crippen molar-refractivity contribution in [3.05, 3.63) is 0 Å². The Bertz CT molecular complexity index is 195. The van der Waals surface area contributed by atoms with E-state index in [0.717, 1.165) is 0 Å². The first kappa shape index (κ1) is 8.51. The Morgan fingerprint density at radius 2 is 2.18 bits per heavy atom. The monoisotopic (exact) mass is 155 g/mol. The maximum absolute atomic E-state index is 9.23. The molecule has 0 aliphatic heterocycles. The Morgan fingerprint density at radius 1 is 1.64 bits per heavy atom. The SMILES string of the molecule is CC1(C)C(C#N)C1C(O)CO. The van der Waals surface area contributed by atoms with Crippen molar-refractivity contribution in [1.82, 2.24) is 0 Å². The zero-order valence-corrected chi connectivity index (χ0v) is 6.78. The molecule has 11 heavy (non-hydrogen) atoms. The summed E-state index contributed by atoms with van der Waals surface area (Å²) < 4.78 is 0. The molecule has 2 N–H and O–H groups in total. The second-order valence-corrected chi connectivity index (χ2v) is 3.70. The summed E-state index contributed by atoms with van der Waals surface area (Å²) >= 11 is 0. The highest BCUT2D eigenvalue weighted by Gasteiger charge is 2.61. The molecule has 1 rings (SSSR count). The fraction of sp³-hybridized carbons (Fsp3) is 0.875. The van der Waals surface area contributed by atoms with Crippen molar-refractivity contribution in [2.45, 2.75) is 20.0 Å². The van der Waals surface area contributed by atoms with Gasteiger partial charge in [-0.3, -0.25) is 0 Å². The van der Waals surface area contributed by atoms with Crippen LogP contribution in [0.15, 0.2) is 0 Å². The van der Waals surface area contributed by atoms with E-state index in [1.54, 1.807) is 0 Å². The first-order valence-corrected chi connectivity index (χ1v) is 3.74. The molecule has 3 heteroatoms. The van der Waals surface area contributed by atoms with Crippen molar-refractivity contribution in [2.75, 3.05) is 6.61 Å². The zero-order valence-electron chi connectivity index (χ0n) is 6.78. The quantitative estimate of drug-likeness (QED) is 0.596. The Morgan fingerprint density at radius 3 is 2.45 bits per heavy atom. The number of aliphatic hydroxyl groups is 2. The van der Waals surface area contributed by atoms with E-state index in [0.29, 0.717) is 0 Å². The van der Waals surface area contributed by atoms with Gasteiger partial charge in [0.15, 0.2) is 0 Å². The van der Waals surface area contributed by atoms with Crippen molar-refractivity contribution in [2.24, 2.45) is 17.3 Å². The highest BCUT2D eigenvalue weighted by atomic mass is 16.3.